The van der Waals surface area contributed by atoms with Crippen molar-refractivity contribution in [2.45, 2.75) is 37.5 Å². The molecule has 2 heterocycles. The van der Waals surface area contributed by atoms with Gasteiger partial charge < -0.3 is 5.32 Å². The molecule has 1 saturated heterocycles. The highest BCUT2D eigenvalue weighted by molar-refractivity contribution is 5.86. The maximum Gasteiger partial charge on any atom is 0.259 e. The van der Waals surface area contributed by atoms with E-state index >= 15 is 0 Å². The number of amides is 1. The van der Waals surface area contributed by atoms with Gasteiger partial charge in [0.2, 0.25) is 5.67 Å². The van der Waals surface area contributed by atoms with Crippen LogP contribution in [0.4, 0.5) is 4.39 Å². The fourth-order valence-electron chi connectivity index (χ4n) is 2.36. The topological polar surface area (TPSA) is 63.1 Å². The molecule has 19 heavy (non-hydrogen) atoms. The lowest BCUT2D eigenvalue weighted by Gasteiger charge is -2.20. The molecule has 1 aliphatic carbocycles. The molecule has 1 aromatic heterocycles. The van der Waals surface area contributed by atoms with Crippen LogP contribution in [0.25, 0.3) is 0 Å². The van der Waals surface area contributed by atoms with Gasteiger partial charge in [0.25, 0.3) is 5.91 Å². The lowest BCUT2D eigenvalue weighted by atomic mass is 10.1. The summed E-state index contributed by atoms with van der Waals surface area (Å²) in [6.45, 7) is 2.06. The molecule has 1 amide bonds. The number of rotatable bonds is 5. The molecular weight excluding hydrogens is 249 g/mol. The van der Waals surface area contributed by atoms with Gasteiger partial charge in [-0.2, -0.15) is 15.0 Å². The molecule has 0 spiro atoms. The smallest absolute Gasteiger partial charge is 0.259 e. The van der Waals surface area contributed by atoms with Crippen LogP contribution in [0.2, 0.25) is 0 Å². The van der Waals surface area contributed by atoms with Crippen molar-refractivity contribution < 1.29 is 9.18 Å². The van der Waals surface area contributed by atoms with Crippen LogP contribution in [0.15, 0.2) is 12.4 Å². The van der Waals surface area contributed by atoms with Gasteiger partial charge in [0, 0.05) is 32.1 Å². The lowest BCUT2D eigenvalue weighted by Crippen LogP contribution is -2.46. The highest BCUT2D eigenvalue weighted by Crippen LogP contribution is 2.28. The zero-order chi connectivity index (χ0) is 13.3. The molecule has 0 radical (unpaired) electrons. The van der Waals surface area contributed by atoms with Crippen molar-refractivity contribution in [2.75, 3.05) is 19.6 Å². The van der Waals surface area contributed by atoms with Crippen LogP contribution >= 0.6 is 0 Å². The van der Waals surface area contributed by atoms with E-state index < -0.39 is 11.6 Å². The van der Waals surface area contributed by atoms with Crippen molar-refractivity contribution in [3.05, 3.63) is 12.4 Å². The molecule has 104 valence electrons. The van der Waals surface area contributed by atoms with Gasteiger partial charge in [-0.25, -0.2) is 4.39 Å². The second-order valence-electron chi connectivity index (χ2n) is 5.36. The van der Waals surface area contributed by atoms with E-state index in [0.717, 1.165) is 12.8 Å². The van der Waals surface area contributed by atoms with Crippen molar-refractivity contribution >= 4 is 5.91 Å². The summed E-state index contributed by atoms with van der Waals surface area (Å²) < 4.78 is 14.5. The second-order valence-corrected chi connectivity index (χ2v) is 5.36. The minimum atomic E-state index is -1.72. The maximum atomic E-state index is 14.5. The van der Waals surface area contributed by atoms with Crippen LogP contribution in [0.1, 0.15) is 19.3 Å². The summed E-state index contributed by atoms with van der Waals surface area (Å²) >= 11 is 0. The number of aromatic nitrogens is 3. The van der Waals surface area contributed by atoms with E-state index in [1.54, 1.807) is 17.2 Å². The van der Waals surface area contributed by atoms with E-state index in [-0.39, 0.29) is 19.0 Å². The van der Waals surface area contributed by atoms with E-state index in [9.17, 15) is 9.18 Å². The minimum absolute atomic E-state index is 0.173. The van der Waals surface area contributed by atoms with Gasteiger partial charge in [0.05, 0.1) is 18.9 Å². The largest absolute Gasteiger partial charge is 0.351 e. The highest BCUT2D eigenvalue weighted by atomic mass is 19.1. The molecular formula is C12H18FN5O. The van der Waals surface area contributed by atoms with Gasteiger partial charge >= 0.3 is 0 Å². The van der Waals surface area contributed by atoms with Crippen LogP contribution in [0, 0.1) is 0 Å². The van der Waals surface area contributed by atoms with E-state index in [0.29, 0.717) is 19.6 Å². The number of halogens is 1. The monoisotopic (exact) mass is 267 g/mol. The SMILES string of the molecule is O=C(NC1CC1)C1(F)CCN(CCn2nccn2)C1. The zero-order valence-corrected chi connectivity index (χ0v) is 10.8. The Labute approximate surface area is 111 Å². The van der Waals surface area contributed by atoms with Crippen molar-refractivity contribution in [2.24, 2.45) is 0 Å². The first-order valence-corrected chi connectivity index (χ1v) is 6.72. The number of carbonyl (C=O) groups excluding carboxylic acids is 1. The molecule has 2 fully saturated rings. The molecule has 7 heteroatoms. The van der Waals surface area contributed by atoms with Crippen LogP contribution in [0.5, 0.6) is 0 Å². The van der Waals surface area contributed by atoms with E-state index in [4.69, 9.17) is 0 Å². The van der Waals surface area contributed by atoms with Gasteiger partial charge in [0.1, 0.15) is 0 Å². The van der Waals surface area contributed by atoms with Crippen molar-refractivity contribution in [1.29, 1.82) is 0 Å². The number of likely N-dealkylation sites (tertiary alicyclic amines) is 1. The van der Waals surface area contributed by atoms with Gasteiger partial charge in [-0.15, -0.1) is 0 Å². The number of nitrogens with zero attached hydrogens (tertiary/aromatic N) is 4. The van der Waals surface area contributed by atoms with Crippen molar-refractivity contribution in [3.8, 4) is 0 Å². The summed E-state index contributed by atoms with van der Waals surface area (Å²) in [5.74, 6) is -0.435. The number of hydrogen-bond acceptors (Lipinski definition) is 4. The van der Waals surface area contributed by atoms with Gasteiger partial charge in [-0.3, -0.25) is 9.69 Å². The number of carbonyl (C=O) groups is 1. The Hall–Kier alpha value is -1.50. The molecule has 1 atom stereocenters. The molecule has 1 saturated carbocycles. The molecule has 1 aromatic rings. The molecule has 1 aliphatic heterocycles. The van der Waals surface area contributed by atoms with Gasteiger partial charge in [-0.05, 0) is 12.8 Å². The normalized spacial score (nSPS) is 27.6. The molecule has 1 unspecified atom stereocenters. The van der Waals surface area contributed by atoms with Gasteiger partial charge in [0.15, 0.2) is 0 Å². The fourth-order valence-corrected chi connectivity index (χ4v) is 2.36. The minimum Gasteiger partial charge on any atom is -0.351 e. The van der Waals surface area contributed by atoms with E-state index in [1.165, 1.54) is 0 Å². The average Bonchev–Trinajstić information content (AvgIpc) is 2.92. The Bertz CT molecular complexity index is 447. The number of nitrogens with one attached hydrogen (secondary N) is 1. The summed E-state index contributed by atoms with van der Waals surface area (Å²) in [4.78, 5) is 15.4. The highest BCUT2D eigenvalue weighted by Gasteiger charge is 2.46. The third-order valence-corrected chi connectivity index (χ3v) is 3.70. The molecule has 0 bridgehead atoms. The number of hydrogen-bond donors (Lipinski definition) is 1. The van der Waals surface area contributed by atoms with E-state index in [1.807, 2.05) is 4.90 Å². The molecule has 1 N–H and O–H groups in total. The lowest BCUT2D eigenvalue weighted by molar-refractivity contribution is -0.132. The Morgan fingerprint density at radius 2 is 2.11 bits per heavy atom. The van der Waals surface area contributed by atoms with Crippen LogP contribution in [-0.2, 0) is 11.3 Å². The second kappa shape index (κ2) is 4.88. The summed E-state index contributed by atoms with van der Waals surface area (Å²) in [6.07, 6.45) is 5.48. The summed E-state index contributed by atoms with van der Waals surface area (Å²) in [7, 11) is 0. The van der Waals surface area contributed by atoms with Crippen molar-refractivity contribution in [1.82, 2.24) is 25.2 Å². The van der Waals surface area contributed by atoms with Crippen molar-refractivity contribution in [3.63, 3.8) is 0 Å². The first-order chi connectivity index (χ1) is 9.16. The van der Waals surface area contributed by atoms with Gasteiger partial charge in [-0.1, -0.05) is 0 Å². The Morgan fingerprint density at radius 3 is 2.79 bits per heavy atom. The first kappa shape index (κ1) is 12.5. The Balaban J connectivity index is 1.49. The predicted octanol–water partition coefficient (Wildman–Crippen LogP) is -0.0293. The first-order valence-electron chi connectivity index (χ1n) is 6.72. The third-order valence-electron chi connectivity index (χ3n) is 3.70. The molecule has 6 nitrogen and oxygen atoms in total. The fraction of sp³-hybridized carbons (Fsp3) is 0.750. The molecule has 2 aliphatic rings. The molecule has 0 aromatic carbocycles. The van der Waals surface area contributed by atoms with E-state index in [2.05, 4.69) is 15.5 Å². The summed E-state index contributed by atoms with van der Waals surface area (Å²) in [5.41, 5.74) is -1.72. The van der Waals surface area contributed by atoms with Crippen LogP contribution in [-0.4, -0.2) is 57.1 Å². The standard InChI is InChI=1S/C12H18FN5O/c13-12(11(19)16-10-1-2-10)3-6-17(9-12)7-8-18-14-4-5-15-18/h4-5,10H,1-3,6-9H2,(H,16,19). The maximum absolute atomic E-state index is 14.5. The Morgan fingerprint density at radius 1 is 1.37 bits per heavy atom. The Kier molecular flexibility index (Phi) is 3.22. The average molecular weight is 267 g/mol. The van der Waals surface area contributed by atoms with Crippen LogP contribution in [0.3, 0.4) is 0 Å². The number of alkyl halides is 1. The third kappa shape index (κ3) is 2.91. The zero-order valence-electron chi connectivity index (χ0n) is 10.8. The summed E-state index contributed by atoms with van der Waals surface area (Å²) in [6, 6.07) is 0.211. The summed E-state index contributed by atoms with van der Waals surface area (Å²) in [5, 5.41) is 10.8. The predicted molar refractivity (Wildman–Crippen MR) is 66.1 cm³/mol. The van der Waals surface area contributed by atoms with Crippen LogP contribution < -0.4 is 5.32 Å². The quantitative estimate of drug-likeness (QED) is 0.814. The molecule has 3 rings (SSSR count).